The van der Waals surface area contributed by atoms with Gasteiger partial charge in [-0.1, -0.05) is 5.16 Å². The van der Waals surface area contributed by atoms with Gasteiger partial charge in [-0.25, -0.2) is 4.98 Å². The SMILES string of the molecule is Cc1noc2ncc(B(O)O)cc12. The Labute approximate surface area is 74.1 Å². The van der Waals surface area contributed by atoms with Gasteiger partial charge in [0.05, 0.1) is 11.1 Å². The zero-order chi connectivity index (χ0) is 9.42. The maximum absolute atomic E-state index is 8.88. The first kappa shape index (κ1) is 8.21. The summed E-state index contributed by atoms with van der Waals surface area (Å²) in [5.74, 6) is 0. The molecule has 0 radical (unpaired) electrons. The molecule has 66 valence electrons. The van der Waals surface area contributed by atoms with Crippen LogP contribution in [0.15, 0.2) is 16.8 Å². The quantitative estimate of drug-likeness (QED) is 0.559. The first-order valence-corrected chi connectivity index (χ1v) is 3.76. The predicted molar refractivity (Wildman–Crippen MR) is 46.4 cm³/mol. The molecule has 0 atom stereocenters. The second-order valence-electron chi connectivity index (χ2n) is 2.76. The highest BCUT2D eigenvalue weighted by Gasteiger charge is 2.14. The number of rotatable bonds is 1. The van der Waals surface area contributed by atoms with Gasteiger partial charge >= 0.3 is 7.12 Å². The lowest BCUT2D eigenvalue weighted by Crippen LogP contribution is -2.29. The number of fused-ring (bicyclic) bond motifs is 1. The molecule has 5 nitrogen and oxygen atoms in total. The molecule has 0 fully saturated rings. The molecule has 0 bridgehead atoms. The molecule has 2 rings (SSSR count). The summed E-state index contributed by atoms with van der Waals surface area (Å²) in [6, 6.07) is 1.60. The third kappa shape index (κ3) is 1.30. The minimum atomic E-state index is -1.51. The van der Waals surface area contributed by atoms with Crippen LogP contribution in [0.1, 0.15) is 5.69 Å². The van der Waals surface area contributed by atoms with Gasteiger partial charge in [-0.3, -0.25) is 0 Å². The van der Waals surface area contributed by atoms with E-state index in [9.17, 15) is 0 Å². The van der Waals surface area contributed by atoms with E-state index in [1.807, 2.05) is 0 Å². The van der Waals surface area contributed by atoms with Crippen molar-refractivity contribution in [1.82, 2.24) is 10.1 Å². The molecule has 0 amide bonds. The van der Waals surface area contributed by atoms with Crippen LogP contribution in [0.25, 0.3) is 11.1 Å². The van der Waals surface area contributed by atoms with Crippen molar-refractivity contribution in [3.63, 3.8) is 0 Å². The normalized spacial score (nSPS) is 10.7. The second-order valence-corrected chi connectivity index (χ2v) is 2.76. The molecule has 0 aliphatic rings. The number of aryl methyl sites for hydroxylation is 1. The fourth-order valence-electron chi connectivity index (χ4n) is 1.10. The molecular weight excluding hydrogens is 171 g/mol. The Kier molecular flexibility index (Phi) is 1.79. The van der Waals surface area contributed by atoms with E-state index in [2.05, 4.69) is 10.1 Å². The zero-order valence-corrected chi connectivity index (χ0v) is 6.93. The zero-order valence-electron chi connectivity index (χ0n) is 6.93. The van der Waals surface area contributed by atoms with Gasteiger partial charge in [-0.2, -0.15) is 0 Å². The molecule has 6 heteroatoms. The van der Waals surface area contributed by atoms with Crippen molar-refractivity contribution in [3.8, 4) is 0 Å². The minimum Gasteiger partial charge on any atom is -0.423 e. The molecule has 0 unspecified atom stereocenters. The van der Waals surface area contributed by atoms with Crippen molar-refractivity contribution in [1.29, 1.82) is 0 Å². The average Bonchev–Trinajstić information content (AvgIpc) is 2.47. The fraction of sp³-hybridized carbons (Fsp3) is 0.143. The fourth-order valence-corrected chi connectivity index (χ4v) is 1.10. The standard InChI is InChI=1S/C7H7BN2O3/c1-4-6-2-5(8(11)12)3-9-7(6)13-10-4/h2-3,11-12H,1H3. The van der Waals surface area contributed by atoms with Crippen molar-refractivity contribution in [2.24, 2.45) is 0 Å². The third-order valence-corrected chi connectivity index (χ3v) is 1.83. The van der Waals surface area contributed by atoms with Crippen molar-refractivity contribution in [2.45, 2.75) is 6.92 Å². The van der Waals surface area contributed by atoms with E-state index in [-0.39, 0.29) is 0 Å². The lowest BCUT2D eigenvalue weighted by molar-refractivity contribution is 0.425. The van der Waals surface area contributed by atoms with Gasteiger partial charge in [0, 0.05) is 11.7 Å². The average molecular weight is 178 g/mol. The Balaban J connectivity index is 2.66. The highest BCUT2D eigenvalue weighted by molar-refractivity contribution is 6.58. The molecule has 0 spiro atoms. The molecular formula is C7H7BN2O3. The molecule has 2 heterocycles. The Morgan fingerprint density at radius 1 is 1.46 bits per heavy atom. The smallest absolute Gasteiger partial charge is 0.423 e. The van der Waals surface area contributed by atoms with Crippen LogP contribution in [0.2, 0.25) is 0 Å². The summed E-state index contributed by atoms with van der Waals surface area (Å²) < 4.78 is 4.86. The Bertz CT molecular complexity index is 440. The lowest BCUT2D eigenvalue weighted by atomic mass is 9.81. The number of pyridine rings is 1. The van der Waals surface area contributed by atoms with E-state index in [0.29, 0.717) is 22.3 Å². The number of hydrogen-bond donors (Lipinski definition) is 2. The van der Waals surface area contributed by atoms with E-state index >= 15 is 0 Å². The van der Waals surface area contributed by atoms with Crippen LogP contribution in [0, 0.1) is 6.92 Å². The monoisotopic (exact) mass is 178 g/mol. The van der Waals surface area contributed by atoms with E-state index < -0.39 is 7.12 Å². The van der Waals surface area contributed by atoms with Crippen LogP contribution in [0.3, 0.4) is 0 Å². The van der Waals surface area contributed by atoms with Gasteiger partial charge in [-0.05, 0) is 13.0 Å². The summed E-state index contributed by atoms with van der Waals surface area (Å²) in [6.07, 6.45) is 1.34. The minimum absolute atomic E-state index is 0.332. The molecule has 0 aromatic carbocycles. The Hall–Kier alpha value is -1.40. The van der Waals surface area contributed by atoms with Gasteiger partial charge in [0.1, 0.15) is 0 Å². The summed E-state index contributed by atoms with van der Waals surface area (Å²) >= 11 is 0. The Morgan fingerprint density at radius 3 is 2.92 bits per heavy atom. The summed E-state index contributed by atoms with van der Waals surface area (Å²) in [5, 5.41) is 22.1. The topological polar surface area (TPSA) is 79.4 Å². The van der Waals surface area contributed by atoms with E-state index in [0.717, 1.165) is 0 Å². The van der Waals surface area contributed by atoms with Gasteiger partial charge in [0.25, 0.3) is 5.71 Å². The van der Waals surface area contributed by atoms with Crippen LogP contribution >= 0.6 is 0 Å². The van der Waals surface area contributed by atoms with E-state index in [1.165, 1.54) is 6.20 Å². The molecule has 0 saturated heterocycles. The molecule has 0 saturated carbocycles. The van der Waals surface area contributed by atoms with Gasteiger partial charge < -0.3 is 14.6 Å². The Morgan fingerprint density at radius 2 is 2.23 bits per heavy atom. The lowest BCUT2D eigenvalue weighted by Gasteiger charge is -1.96. The van der Waals surface area contributed by atoms with Gasteiger partial charge in [-0.15, -0.1) is 0 Å². The van der Waals surface area contributed by atoms with Crippen LogP contribution in [0.4, 0.5) is 0 Å². The molecule has 2 aromatic rings. The van der Waals surface area contributed by atoms with Crippen LogP contribution in [-0.2, 0) is 0 Å². The molecule has 2 aromatic heterocycles. The van der Waals surface area contributed by atoms with Crippen molar-refractivity contribution in [3.05, 3.63) is 18.0 Å². The number of nitrogens with zero attached hydrogens (tertiary/aromatic N) is 2. The van der Waals surface area contributed by atoms with Crippen molar-refractivity contribution in [2.75, 3.05) is 0 Å². The van der Waals surface area contributed by atoms with E-state index in [4.69, 9.17) is 14.6 Å². The van der Waals surface area contributed by atoms with Crippen molar-refractivity contribution >= 4 is 23.7 Å². The largest absolute Gasteiger partial charge is 0.490 e. The summed E-state index contributed by atoms with van der Waals surface area (Å²) in [5.41, 5.74) is 1.42. The predicted octanol–water partition coefficient (Wildman–Crippen LogP) is -0.789. The third-order valence-electron chi connectivity index (χ3n) is 1.83. The summed E-state index contributed by atoms with van der Waals surface area (Å²) in [4.78, 5) is 3.87. The van der Waals surface area contributed by atoms with Gasteiger partial charge in [0.2, 0.25) is 0 Å². The maximum Gasteiger partial charge on any atom is 0.490 e. The number of hydrogen-bond acceptors (Lipinski definition) is 5. The highest BCUT2D eigenvalue weighted by Crippen LogP contribution is 2.12. The van der Waals surface area contributed by atoms with Crippen molar-refractivity contribution < 1.29 is 14.6 Å². The molecule has 0 aliphatic heterocycles. The van der Waals surface area contributed by atoms with E-state index in [1.54, 1.807) is 13.0 Å². The van der Waals surface area contributed by atoms with Crippen LogP contribution < -0.4 is 5.46 Å². The first-order chi connectivity index (χ1) is 6.18. The van der Waals surface area contributed by atoms with Crippen LogP contribution in [0.5, 0.6) is 0 Å². The van der Waals surface area contributed by atoms with Crippen LogP contribution in [-0.4, -0.2) is 27.3 Å². The first-order valence-electron chi connectivity index (χ1n) is 3.76. The second kappa shape index (κ2) is 2.83. The number of aromatic nitrogens is 2. The molecule has 13 heavy (non-hydrogen) atoms. The molecule has 2 N–H and O–H groups in total. The maximum atomic E-state index is 8.88. The summed E-state index contributed by atoms with van der Waals surface area (Å²) in [6.45, 7) is 1.76. The molecule has 0 aliphatic carbocycles. The highest BCUT2D eigenvalue weighted by atomic mass is 16.5. The van der Waals surface area contributed by atoms with Gasteiger partial charge in [0.15, 0.2) is 0 Å². The summed E-state index contributed by atoms with van der Waals surface area (Å²) in [7, 11) is -1.51.